The average Bonchev–Trinajstić information content (AvgIpc) is 3.78. The number of aromatic nitrogens is 3. The van der Waals surface area contributed by atoms with Gasteiger partial charge >= 0.3 is 0 Å². The van der Waals surface area contributed by atoms with Crippen LogP contribution in [0, 0.1) is 0 Å². The molecule has 52 heavy (non-hydrogen) atoms. The van der Waals surface area contributed by atoms with E-state index < -0.39 is 0 Å². The molecule has 0 bridgehead atoms. The fourth-order valence-corrected chi connectivity index (χ4v) is 7.83. The van der Waals surface area contributed by atoms with Crippen molar-refractivity contribution >= 4 is 65.4 Å². The Morgan fingerprint density at radius 3 is 2.04 bits per heavy atom. The molecule has 0 radical (unpaired) electrons. The van der Waals surface area contributed by atoms with Crippen LogP contribution in [0.15, 0.2) is 167 Å². The lowest BCUT2D eigenvalue weighted by atomic mass is 9.98. The largest absolute Gasteiger partial charge is 0.456 e. The summed E-state index contributed by atoms with van der Waals surface area (Å²) in [5.41, 5.74) is 7.46. The zero-order valence-corrected chi connectivity index (χ0v) is 28.0. The maximum Gasteiger partial charge on any atom is 0.164 e. The van der Waals surface area contributed by atoms with E-state index in [2.05, 4.69) is 133 Å². The molecule has 10 aromatic rings. The fraction of sp³-hybridized carbons (Fsp3) is 0.0426. The zero-order chi connectivity index (χ0) is 34.2. The van der Waals surface area contributed by atoms with E-state index in [1.54, 1.807) is 0 Å². The monoisotopic (exact) mass is 667 g/mol. The molecular formula is C47H29N3O2. The Morgan fingerprint density at radius 1 is 0.462 bits per heavy atom. The number of benzene rings is 7. The number of allylic oxidation sites excluding steroid dienone is 4. The van der Waals surface area contributed by atoms with Crippen molar-refractivity contribution in [1.29, 1.82) is 0 Å². The third kappa shape index (κ3) is 4.60. The molecule has 1 unspecified atom stereocenters. The summed E-state index contributed by atoms with van der Waals surface area (Å²) in [5, 5.41) is 9.04. The van der Waals surface area contributed by atoms with Gasteiger partial charge < -0.3 is 8.83 Å². The predicted octanol–water partition coefficient (Wildman–Crippen LogP) is 12.6. The second kappa shape index (κ2) is 11.3. The van der Waals surface area contributed by atoms with E-state index in [1.165, 1.54) is 16.2 Å². The lowest BCUT2D eigenvalue weighted by Gasteiger charge is -2.15. The molecule has 0 N–H and O–H groups in total. The van der Waals surface area contributed by atoms with Crippen LogP contribution in [0.2, 0.25) is 0 Å². The first-order valence-electron chi connectivity index (χ1n) is 17.6. The van der Waals surface area contributed by atoms with Crippen LogP contribution >= 0.6 is 0 Å². The third-order valence-corrected chi connectivity index (χ3v) is 10.4. The van der Waals surface area contributed by atoms with Gasteiger partial charge in [0.25, 0.3) is 0 Å². The molecule has 7 aromatic carbocycles. The topological polar surface area (TPSA) is 65.0 Å². The van der Waals surface area contributed by atoms with Crippen LogP contribution in [-0.4, -0.2) is 15.0 Å². The predicted molar refractivity (Wildman–Crippen MR) is 211 cm³/mol. The second-order valence-corrected chi connectivity index (χ2v) is 13.5. The summed E-state index contributed by atoms with van der Waals surface area (Å²) >= 11 is 0. The van der Waals surface area contributed by atoms with Crippen LogP contribution in [-0.2, 0) is 0 Å². The van der Waals surface area contributed by atoms with Crippen molar-refractivity contribution in [3.05, 3.63) is 164 Å². The summed E-state index contributed by atoms with van der Waals surface area (Å²) < 4.78 is 12.6. The standard InChI is InChI=1S/C47H29N3O2/c1-2-10-29(11-3-1)45-48-46(33-19-22-35-32(25-33)18-17-28-9-4-5-12-34(28)35)50-47(49-45)37-14-8-16-43-44(37)39-27-31(21-24-42(39)52-43)30-20-23-41-38(26-30)36-13-6-7-15-40(36)51-41/h1-10,12-27,29H,11H2. The van der Waals surface area contributed by atoms with Gasteiger partial charge in [0.1, 0.15) is 28.2 Å². The smallest absolute Gasteiger partial charge is 0.164 e. The Labute approximate surface area is 298 Å². The van der Waals surface area contributed by atoms with Crippen LogP contribution in [0.3, 0.4) is 0 Å². The molecule has 3 heterocycles. The summed E-state index contributed by atoms with van der Waals surface area (Å²) in [7, 11) is 0. The summed E-state index contributed by atoms with van der Waals surface area (Å²) in [5.74, 6) is 2.09. The molecule has 0 saturated carbocycles. The first-order chi connectivity index (χ1) is 25.7. The molecule has 0 amide bonds. The molecule has 0 aliphatic heterocycles. The number of rotatable bonds is 4. The molecule has 244 valence electrons. The van der Waals surface area contributed by atoms with Crippen molar-refractivity contribution in [3.63, 3.8) is 0 Å². The highest BCUT2D eigenvalue weighted by atomic mass is 16.3. The van der Waals surface area contributed by atoms with E-state index in [9.17, 15) is 0 Å². The Hall–Kier alpha value is -6.85. The molecule has 5 nitrogen and oxygen atoms in total. The van der Waals surface area contributed by atoms with E-state index in [1.807, 2.05) is 24.3 Å². The number of nitrogens with zero attached hydrogens (tertiary/aromatic N) is 3. The number of para-hydroxylation sites is 1. The second-order valence-electron chi connectivity index (χ2n) is 13.5. The Bertz CT molecular complexity index is 3130. The molecule has 0 saturated heterocycles. The van der Waals surface area contributed by atoms with Gasteiger partial charge in [-0.2, -0.15) is 0 Å². The van der Waals surface area contributed by atoms with E-state index in [-0.39, 0.29) is 5.92 Å². The van der Waals surface area contributed by atoms with Crippen molar-refractivity contribution in [2.45, 2.75) is 12.3 Å². The summed E-state index contributed by atoms with van der Waals surface area (Å²) in [6.07, 6.45) is 9.34. The zero-order valence-electron chi connectivity index (χ0n) is 28.0. The maximum atomic E-state index is 6.46. The van der Waals surface area contributed by atoms with E-state index in [4.69, 9.17) is 23.8 Å². The van der Waals surface area contributed by atoms with Crippen molar-refractivity contribution in [3.8, 4) is 33.9 Å². The van der Waals surface area contributed by atoms with Gasteiger partial charge in [0.05, 0.1) is 0 Å². The van der Waals surface area contributed by atoms with Gasteiger partial charge in [0.2, 0.25) is 0 Å². The minimum absolute atomic E-state index is 0.0516. The minimum Gasteiger partial charge on any atom is -0.456 e. The fourth-order valence-electron chi connectivity index (χ4n) is 7.83. The lowest BCUT2D eigenvalue weighted by Crippen LogP contribution is -2.08. The molecule has 1 aliphatic carbocycles. The Balaban J connectivity index is 1.09. The highest BCUT2D eigenvalue weighted by molar-refractivity contribution is 6.13. The van der Waals surface area contributed by atoms with Gasteiger partial charge in [0.15, 0.2) is 11.6 Å². The molecule has 3 aromatic heterocycles. The highest BCUT2D eigenvalue weighted by Crippen LogP contribution is 2.40. The van der Waals surface area contributed by atoms with Crippen LogP contribution in [0.4, 0.5) is 0 Å². The van der Waals surface area contributed by atoms with E-state index in [0.717, 1.165) is 83.8 Å². The number of hydrogen-bond donors (Lipinski definition) is 0. The normalized spacial score (nSPS) is 14.5. The Kier molecular flexibility index (Phi) is 6.31. The molecule has 0 fully saturated rings. The molecule has 5 heteroatoms. The highest BCUT2D eigenvalue weighted by Gasteiger charge is 2.21. The first-order valence-corrected chi connectivity index (χ1v) is 17.6. The van der Waals surface area contributed by atoms with Gasteiger partial charge in [-0.05, 0) is 81.6 Å². The van der Waals surface area contributed by atoms with Crippen LogP contribution in [0.1, 0.15) is 18.2 Å². The number of furan rings is 2. The average molecular weight is 668 g/mol. The van der Waals surface area contributed by atoms with Crippen LogP contribution < -0.4 is 0 Å². The van der Waals surface area contributed by atoms with Crippen LogP contribution in [0.25, 0.3) is 99.3 Å². The molecule has 1 atom stereocenters. The van der Waals surface area contributed by atoms with E-state index >= 15 is 0 Å². The molecular weight excluding hydrogens is 639 g/mol. The lowest BCUT2D eigenvalue weighted by molar-refractivity contribution is 0.668. The molecule has 0 spiro atoms. The number of hydrogen-bond acceptors (Lipinski definition) is 5. The van der Waals surface area contributed by atoms with Crippen LogP contribution in [0.5, 0.6) is 0 Å². The quantitative estimate of drug-likeness (QED) is 0.175. The van der Waals surface area contributed by atoms with Gasteiger partial charge in [-0.15, -0.1) is 0 Å². The maximum absolute atomic E-state index is 6.46. The van der Waals surface area contributed by atoms with Gasteiger partial charge in [-0.3, -0.25) is 0 Å². The van der Waals surface area contributed by atoms with Crippen molar-refractivity contribution in [2.75, 3.05) is 0 Å². The SMILES string of the molecule is C1=CCC(c2nc(-c3ccc4c(ccc5ccccc54)c3)nc(-c3cccc4oc5ccc(-c6ccc7oc8ccccc8c7c6)cc5c34)n2)C=C1. The van der Waals surface area contributed by atoms with Gasteiger partial charge in [-0.25, -0.2) is 15.0 Å². The van der Waals surface area contributed by atoms with Gasteiger partial charge in [0, 0.05) is 38.6 Å². The molecule has 1 aliphatic rings. The van der Waals surface area contributed by atoms with Crippen molar-refractivity contribution in [2.24, 2.45) is 0 Å². The summed E-state index contributed by atoms with van der Waals surface area (Å²) in [4.78, 5) is 15.5. The minimum atomic E-state index is 0.0516. The van der Waals surface area contributed by atoms with Gasteiger partial charge in [-0.1, -0.05) is 115 Å². The third-order valence-electron chi connectivity index (χ3n) is 10.4. The Morgan fingerprint density at radius 2 is 1.15 bits per heavy atom. The van der Waals surface area contributed by atoms with Crippen molar-refractivity contribution in [1.82, 2.24) is 15.0 Å². The molecule has 11 rings (SSSR count). The van der Waals surface area contributed by atoms with E-state index in [0.29, 0.717) is 11.6 Å². The number of fused-ring (bicyclic) bond motifs is 9. The van der Waals surface area contributed by atoms with Crippen molar-refractivity contribution < 1.29 is 8.83 Å². The first kappa shape index (κ1) is 28.9. The summed E-state index contributed by atoms with van der Waals surface area (Å²) in [6, 6.07) is 46.5. The summed E-state index contributed by atoms with van der Waals surface area (Å²) in [6.45, 7) is 0.